The molecule has 0 spiro atoms. The summed E-state index contributed by atoms with van der Waals surface area (Å²) in [6, 6.07) is 6.47. The first-order valence-electron chi connectivity index (χ1n) is 7.81. The molecular weight excluding hydrogens is 285 g/mol. The first-order chi connectivity index (χ1) is 10.6. The van der Waals surface area contributed by atoms with Crippen LogP contribution in [-0.4, -0.2) is 23.5 Å². The highest BCUT2D eigenvalue weighted by Gasteiger charge is 2.52. The molecule has 1 saturated carbocycles. The van der Waals surface area contributed by atoms with Gasteiger partial charge in [0, 0.05) is 18.5 Å². The third kappa shape index (κ3) is 4.06. The van der Waals surface area contributed by atoms with Crippen molar-refractivity contribution in [2.45, 2.75) is 50.4 Å². The van der Waals surface area contributed by atoms with E-state index in [0.29, 0.717) is 31.4 Å². The van der Waals surface area contributed by atoms with Gasteiger partial charge in [0.1, 0.15) is 5.82 Å². The van der Waals surface area contributed by atoms with Crippen molar-refractivity contribution < 1.29 is 19.1 Å². The maximum Gasteiger partial charge on any atom is 0.303 e. The molecule has 1 aromatic rings. The van der Waals surface area contributed by atoms with Crippen LogP contribution < -0.4 is 5.32 Å². The number of unbranched alkanes of at least 4 members (excludes halogenated alkanes) is 3. The van der Waals surface area contributed by atoms with E-state index in [2.05, 4.69) is 5.32 Å². The van der Waals surface area contributed by atoms with Crippen LogP contribution in [0.25, 0.3) is 0 Å². The molecule has 0 atom stereocenters. The Morgan fingerprint density at radius 3 is 2.45 bits per heavy atom. The molecule has 4 nitrogen and oxygen atoms in total. The molecule has 0 heterocycles. The number of carbonyl (C=O) groups is 2. The highest BCUT2D eigenvalue weighted by Crippen LogP contribution is 2.49. The van der Waals surface area contributed by atoms with Gasteiger partial charge >= 0.3 is 5.97 Å². The number of rotatable bonds is 9. The minimum absolute atomic E-state index is 0.0943. The van der Waals surface area contributed by atoms with E-state index in [1.807, 2.05) is 0 Å². The predicted octanol–water partition coefficient (Wildman–Crippen LogP) is 3.01. The predicted molar refractivity (Wildman–Crippen MR) is 81.0 cm³/mol. The third-order valence-corrected chi connectivity index (χ3v) is 4.18. The zero-order valence-corrected chi connectivity index (χ0v) is 12.6. The largest absolute Gasteiger partial charge is 0.481 e. The van der Waals surface area contributed by atoms with E-state index < -0.39 is 11.4 Å². The SMILES string of the molecule is O=C(O)CCCCCCNC(=O)C1(c2ccccc2F)CC1. The van der Waals surface area contributed by atoms with Crippen LogP contribution in [0.3, 0.4) is 0 Å². The molecule has 120 valence electrons. The van der Waals surface area contributed by atoms with Gasteiger partial charge in [0.2, 0.25) is 5.91 Å². The summed E-state index contributed by atoms with van der Waals surface area (Å²) < 4.78 is 13.9. The Balaban J connectivity index is 1.72. The standard InChI is InChI=1S/C17H22FNO3/c18-14-8-5-4-7-13(14)17(10-11-17)16(22)19-12-6-2-1-3-9-15(20)21/h4-5,7-8H,1-3,6,9-12H2,(H,19,22)(H,20,21). The topological polar surface area (TPSA) is 66.4 Å². The van der Waals surface area contributed by atoms with Gasteiger partial charge in [-0.15, -0.1) is 0 Å². The van der Waals surface area contributed by atoms with E-state index in [1.165, 1.54) is 6.07 Å². The van der Waals surface area contributed by atoms with E-state index in [4.69, 9.17) is 5.11 Å². The van der Waals surface area contributed by atoms with E-state index in [9.17, 15) is 14.0 Å². The van der Waals surface area contributed by atoms with Crippen LogP contribution in [0.15, 0.2) is 24.3 Å². The Bertz CT molecular complexity index is 540. The molecule has 0 unspecified atom stereocenters. The first kappa shape index (κ1) is 16.5. The number of amides is 1. The van der Waals surface area contributed by atoms with Gasteiger partial charge < -0.3 is 10.4 Å². The summed E-state index contributed by atoms with van der Waals surface area (Å²) in [5, 5.41) is 11.4. The lowest BCUT2D eigenvalue weighted by Crippen LogP contribution is -2.35. The minimum atomic E-state index is -0.770. The lowest BCUT2D eigenvalue weighted by molar-refractivity contribution is -0.137. The molecular formula is C17H22FNO3. The summed E-state index contributed by atoms with van der Waals surface area (Å²) in [5.41, 5.74) is -0.178. The van der Waals surface area contributed by atoms with Crippen LogP contribution in [0, 0.1) is 5.82 Å². The van der Waals surface area contributed by atoms with Gasteiger partial charge in [-0.05, 0) is 31.7 Å². The number of benzene rings is 1. The monoisotopic (exact) mass is 307 g/mol. The minimum Gasteiger partial charge on any atom is -0.481 e. The fourth-order valence-electron chi connectivity index (χ4n) is 2.72. The highest BCUT2D eigenvalue weighted by molar-refractivity contribution is 5.91. The van der Waals surface area contributed by atoms with Crippen molar-refractivity contribution in [2.75, 3.05) is 6.54 Å². The van der Waals surface area contributed by atoms with Crippen LogP contribution in [0.1, 0.15) is 50.5 Å². The fraction of sp³-hybridized carbons (Fsp3) is 0.529. The van der Waals surface area contributed by atoms with Crippen molar-refractivity contribution >= 4 is 11.9 Å². The molecule has 1 aliphatic carbocycles. The van der Waals surface area contributed by atoms with Gasteiger partial charge in [-0.1, -0.05) is 31.0 Å². The van der Waals surface area contributed by atoms with Crippen LogP contribution in [0.5, 0.6) is 0 Å². The summed E-state index contributed by atoms with van der Waals surface area (Å²) in [4.78, 5) is 22.7. The van der Waals surface area contributed by atoms with Gasteiger partial charge in [0.25, 0.3) is 0 Å². The number of aliphatic carboxylic acids is 1. The Labute approximate surface area is 129 Å². The zero-order valence-electron chi connectivity index (χ0n) is 12.6. The van der Waals surface area contributed by atoms with Crippen LogP contribution >= 0.6 is 0 Å². The number of hydrogen-bond acceptors (Lipinski definition) is 2. The number of carbonyl (C=O) groups excluding carboxylic acids is 1. The van der Waals surface area contributed by atoms with Crippen molar-refractivity contribution in [3.8, 4) is 0 Å². The Morgan fingerprint density at radius 1 is 1.14 bits per heavy atom. The van der Waals surface area contributed by atoms with Crippen molar-refractivity contribution in [3.63, 3.8) is 0 Å². The van der Waals surface area contributed by atoms with Crippen LogP contribution in [0.4, 0.5) is 4.39 Å². The Hall–Kier alpha value is -1.91. The van der Waals surface area contributed by atoms with E-state index >= 15 is 0 Å². The Kier molecular flexibility index (Phi) is 5.52. The molecule has 0 bridgehead atoms. The van der Waals surface area contributed by atoms with Crippen LogP contribution in [0.2, 0.25) is 0 Å². The summed E-state index contributed by atoms with van der Waals surface area (Å²) in [5.74, 6) is -1.18. The lowest BCUT2D eigenvalue weighted by atomic mass is 9.94. The number of halogens is 1. The highest BCUT2D eigenvalue weighted by atomic mass is 19.1. The number of nitrogens with one attached hydrogen (secondary N) is 1. The van der Waals surface area contributed by atoms with Crippen molar-refractivity contribution in [3.05, 3.63) is 35.6 Å². The Morgan fingerprint density at radius 2 is 1.82 bits per heavy atom. The van der Waals surface area contributed by atoms with Crippen molar-refractivity contribution in [1.29, 1.82) is 0 Å². The van der Waals surface area contributed by atoms with Gasteiger partial charge in [0.05, 0.1) is 5.41 Å². The molecule has 22 heavy (non-hydrogen) atoms. The second-order valence-electron chi connectivity index (χ2n) is 5.88. The lowest BCUT2D eigenvalue weighted by Gasteiger charge is -2.16. The second-order valence-corrected chi connectivity index (χ2v) is 5.88. The molecule has 1 fully saturated rings. The van der Waals surface area contributed by atoms with E-state index in [-0.39, 0.29) is 18.1 Å². The molecule has 2 rings (SSSR count). The van der Waals surface area contributed by atoms with Gasteiger partial charge in [-0.3, -0.25) is 9.59 Å². The fourth-order valence-corrected chi connectivity index (χ4v) is 2.72. The molecule has 5 heteroatoms. The smallest absolute Gasteiger partial charge is 0.303 e. The molecule has 1 aliphatic rings. The van der Waals surface area contributed by atoms with Crippen molar-refractivity contribution in [1.82, 2.24) is 5.32 Å². The number of hydrogen-bond donors (Lipinski definition) is 2. The van der Waals surface area contributed by atoms with Gasteiger partial charge in [-0.2, -0.15) is 0 Å². The molecule has 1 aromatic carbocycles. The molecule has 0 radical (unpaired) electrons. The summed E-state index contributed by atoms with van der Waals surface area (Å²) >= 11 is 0. The van der Waals surface area contributed by atoms with E-state index in [1.54, 1.807) is 18.2 Å². The molecule has 0 aliphatic heterocycles. The number of carboxylic acids is 1. The third-order valence-electron chi connectivity index (χ3n) is 4.18. The second kappa shape index (κ2) is 7.38. The normalized spacial score (nSPS) is 15.3. The zero-order chi connectivity index (χ0) is 16.0. The summed E-state index contributed by atoms with van der Waals surface area (Å²) in [6.07, 6.45) is 4.81. The van der Waals surface area contributed by atoms with Crippen molar-refractivity contribution in [2.24, 2.45) is 0 Å². The average molecular weight is 307 g/mol. The molecule has 1 amide bonds. The average Bonchev–Trinajstić information content (AvgIpc) is 3.28. The van der Waals surface area contributed by atoms with E-state index in [0.717, 1.165) is 19.3 Å². The molecule has 0 saturated heterocycles. The van der Waals surface area contributed by atoms with Gasteiger partial charge in [0.15, 0.2) is 0 Å². The summed E-state index contributed by atoms with van der Waals surface area (Å²) in [7, 11) is 0. The molecule has 2 N–H and O–H groups in total. The molecule has 0 aromatic heterocycles. The first-order valence-corrected chi connectivity index (χ1v) is 7.81. The maximum absolute atomic E-state index is 13.9. The number of carboxylic acid groups (broad SMARTS) is 1. The quantitative estimate of drug-likeness (QED) is 0.689. The van der Waals surface area contributed by atoms with Crippen LogP contribution in [-0.2, 0) is 15.0 Å². The summed E-state index contributed by atoms with van der Waals surface area (Å²) in [6.45, 7) is 0.558. The van der Waals surface area contributed by atoms with Gasteiger partial charge in [-0.25, -0.2) is 4.39 Å². The maximum atomic E-state index is 13.9.